The molecule has 0 fully saturated rings. The fourth-order valence-electron chi connectivity index (χ4n) is 2.88. The van der Waals surface area contributed by atoms with Gasteiger partial charge in [-0.05, 0) is 24.0 Å². The molecule has 0 amide bonds. The third-order valence-corrected chi connectivity index (χ3v) is 4.48. The van der Waals surface area contributed by atoms with E-state index in [0.717, 1.165) is 5.56 Å². The molecule has 0 aromatic heterocycles. The summed E-state index contributed by atoms with van der Waals surface area (Å²) in [6.45, 7) is 2.79. The third kappa shape index (κ3) is 8.55. The Balaban J connectivity index is 2.00. The molecule has 0 heterocycles. The lowest BCUT2D eigenvalue weighted by Crippen LogP contribution is -2.20. The average molecular weight is 305 g/mol. The van der Waals surface area contributed by atoms with E-state index in [4.69, 9.17) is 11.5 Å². The van der Waals surface area contributed by atoms with Gasteiger partial charge in [-0.3, -0.25) is 0 Å². The minimum absolute atomic E-state index is 0.0219. The van der Waals surface area contributed by atoms with Gasteiger partial charge >= 0.3 is 0 Å². The molecule has 1 rings (SSSR count). The van der Waals surface area contributed by atoms with E-state index in [1.165, 1.54) is 76.2 Å². The van der Waals surface area contributed by atoms with Crippen molar-refractivity contribution < 1.29 is 0 Å². The minimum atomic E-state index is -0.0219. The number of unbranched alkanes of at least 4 members (excludes halogenated alkanes) is 9. The molecular weight excluding hydrogens is 268 g/mol. The predicted molar refractivity (Wildman–Crippen MR) is 98.0 cm³/mol. The maximum atomic E-state index is 5.93. The number of nitrogens with two attached hydrogens (primary N) is 2. The van der Waals surface area contributed by atoms with Crippen LogP contribution in [0.25, 0.3) is 0 Å². The van der Waals surface area contributed by atoms with Crippen LogP contribution in [0.1, 0.15) is 88.3 Å². The molecule has 0 aliphatic heterocycles. The molecule has 0 spiro atoms. The van der Waals surface area contributed by atoms with Crippen LogP contribution in [0.2, 0.25) is 0 Å². The molecule has 22 heavy (non-hydrogen) atoms. The van der Waals surface area contributed by atoms with Gasteiger partial charge in [0, 0.05) is 12.6 Å². The fourth-order valence-corrected chi connectivity index (χ4v) is 2.88. The summed E-state index contributed by atoms with van der Waals surface area (Å²) in [6, 6.07) is 8.65. The van der Waals surface area contributed by atoms with Gasteiger partial charge in [0.25, 0.3) is 0 Å². The summed E-state index contributed by atoms with van der Waals surface area (Å²) in [4.78, 5) is 0. The van der Waals surface area contributed by atoms with Crippen LogP contribution < -0.4 is 11.5 Å². The molecule has 0 bridgehead atoms. The molecule has 1 aromatic carbocycles. The molecule has 4 N–H and O–H groups in total. The second-order valence-corrected chi connectivity index (χ2v) is 6.52. The van der Waals surface area contributed by atoms with E-state index in [1.807, 2.05) is 0 Å². The number of benzene rings is 1. The van der Waals surface area contributed by atoms with E-state index >= 15 is 0 Å². The summed E-state index contributed by atoms with van der Waals surface area (Å²) >= 11 is 0. The Morgan fingerprint density at radius 3 is 1.77 bits per heavy atom. The first-order valence-electron chi connectivity index (χ1n) is 9.32. The van der Waals surface area contributed by atoms with Gasteiger partial charge in [-0.15, -0.1) is 0 Å². The zero-order chi connectivity index (χ0) is 16.0. The summed E-state index contributed by atoms with van der Waals surface area (Å²) in [5.74, 6) is 0. The van der Waals surface area contributed by atoms with Gasteiger partial charge in [-0.2, -0.15) is 0 Å². The van der Waals surface area contributed by atoms with Gasteiger partial charge < -0.3 is 11.5 Å². The van der Waals surface area contributed by atoms with E-state index in [9.17, 15) is 0 Å². The van der Waals surface area contributed by atoms with Crippen LogP contribution in [0.5, 0.6) is 0 Å². The highest BCUT2D eigenvalue weighted by molar-refractivity contribution is 5.25. The van der Waals surface area contributed by atoms with Crippen molar-refractivity contribution in [2.75, 3.05) is 6.54 Å². The largest absolute Gasteiger partial charge is 0.329 e. The lowest BCUT2D eigenvalue weighted by Gasteiger charge is -2.09. The molecule has 2 nitrogen and oxygen atoms in total. The van der Waals surface area contributed by atoms with E-state index < -0.39 is 0 Å². The smallest absolute Gasteiger partial charge is 0.0419 e. The summed E-state index contributed by atoms with van der Waals surface area (Å²) in [5, 5.41) is 0. The van der Waals surface area contributed by atoms with Gasteiger partial charge in [0.15, 0.2) is 0 Å². The summed E-state index contributed by atoms with van der Waals surface area (Å²) in [7, 11) is 0. The van der Waals surface area contributed by atoms with Crippen LogP contribution in [0.4, 0.5) is 0 Å². The van der Waals surface area contributed by atoms with Crippen LogP contribution in [0, 0.1) is 0 Å². The minimum Gasteiger partial charge on any atom is -0.329 e. The lowest BCUT2D eigenvalue weighted by atomic mass is 10.0. The zero-order valence-corrected chi connectivity index (χ0v) is 14.5. The van der Waals surface area contributed by atoms with Crippen molar-refractivity contribution in [1.82, 2.24) is 0 Å². The molecule has 0 radical (unpaired) electrons. The van der Waals surface area contributed by atoms with Crippen molar-refractivity contribution >= 4 is 0 Å². The summed E-state index contributed by atoms with van der Waals surface area (Å²) in [5.41, 5.74) is 14.1. The predicted octanol–water partition coefficient (Wildman–Crippen LogP) is 5.11. The molecule has 1 aromatic rings. The van der Waals surface area contributed by atoms with Gasteiger partial charge in [-0.25, -0.2) is 0 Å². The number of aryl methyl sites for hydroxylation is 1. The Morgan fingerprint density at radius 2 is 1.27 bits per heavy atom. The summed E-state index contributed by atoms with van der Waals surface area (Å²) in [6.07, 6.45) is 15.1. The first kappa shape index (κ1) is 19.2. The Hall–Kier alpha value is -0.860. The second-order valence-electron chi connectivity index (χ2n) is 6.52. The lowest BCUT2D eigenvalue weighted by molar-refractivity contribution is 0.556. The van der Waals surface area contributed by atoms with Crippen molar-refractivity contribution in [3.63, 3.8) is 0 Å². The molecule has 0 saturated heterocycles. The Kier molecular flexibility index (Phi) is 11.0. The topological polar surface area (TPSA) is 52.0 Å². The average Bonchev–Trinajstić information content (AvgIpc) is 2.56. The number of hydrogen-bond acceptors (Lipinski definition) is 2. The fraction of sp³-hybridized carbons (Fsp3) is 0.700. The zero-order valence-electron chi connectivity index (χ0n) is 14.5. The van der Waals surface area contributed by atoms with Crippen molar-refractivity contribution in [1.29, 1.82) is 0 Å². The van der Waals surface area contributed by atoms with Gasteiger partial charge in [-0.1, -0.05) is 89.0 Å². The first-order valence-corrected chi connectivity index (χ1v) is 9.32. The standard InChI is InChI=1S/C20H36N2/c1-2-3-4-5-6-7-8-9-10-11-12-18-13-15-19(16-14-18)20(22)17-21/h13-16,20H,2-12,17,21-22H2,1H3. The van der Waals surface area contributed by atoms with Gasteiger partial charge in [0.2, 0.25) is 0 Å². The van der Waals surface area contributed by atoms with E-state index in [1.54, 1.807) is 0 Å². The van der Waals surface area contributed by atoms with Gasteiger partial charge in [0.05, 0.1) is 0 Å². The molecule has 1 atom stereocenters. The second kappa shape index (κ2) is 12.7. The molecule has 1 unspecified atom stereocenters. The van der Waals surface area contributed by atoms with Crippen molar-refractivity contribution in [3.05, 3.63) is 35.4 Å². The van der Waals surface area contributed by atoms with Crippen molar-refractivity contribution in [3.8, 4) is 0 Å². The Bertz CT molecular complexity index is 358. The maximum absolute atomic E-state index is 5.93. The highest BCUT2D eigenvalue weighted by Crippen LogP contribution is 2.14. The van der Waals surface area contributed by atoms with Crippen molar-refractivity contribution in [2.24, 2.45) is 11.5 Å². The molecule has 0 saturated carbocycles. The first-order chi connectivity index (χ1) is 10.8. The van der Waals surface area contributed by atoms with E-state index in [-0.39, 0.29) is 6.04 Å². The van der Waals surface area contributed by atoms with E-state index in [2.05, 4.69) is 31.2 Å². The molecule has 0 aliphatic rings. The number of rotatable bonds is 13. The third-order valence-electron chi connectivity index (χ3n) is 4.48. The van der Waals surface area contributed by atoms with Crippen LogP contribution in [-0.4, -0.2) is 6.54 Å². The maximum Gasteiger partial charge on any atom is 0.0419 e. The highest BCUT2D eigenvalue weighted by atomic mass is 14.7. The quantitative estimate of drug-likeness (QED) is 0.498. The highest BCUT2D eigenvalue weighted by Gasteiger charge is 2.02. The Morgan fingerprint density at radius 1 is 0.773 bits per heavy atom. The van der Waals surface area contributed by atoms with Crippen LogP contribution >= 0.6 is 0 Å². The van der Waals surface area contributed by atoms with Crippen LogP contribution in [-0.2, 0) is 6.42 Å². The Labute approximate surface area is 137 Å². The molecular formula is C20H36N2. The van der Waals surface area contributed by atoms with Crippen LogP contribution in [0.15, 0.2) is 24.3 Å². The van der Waals surface area contributed by atoms with Crippen LogP contribution in [0.3, 0.4) is 0 Å². The molecule has 2 heteroatoms. The monoisotopic (exact) mass is 304 g/mol. The molecule has 0 aliphatic carbocycles. The van der Waals surface area contributed by atoms with Gasteiger partial charge in [0.1, 0.15) is 0 Å². The van der Waals surface area contributed by atoms with Crippen molar-refractivity contribution in [2.45, 2.75) is 83.6 Å². The molecule has 126 valence electrons. The summed E-state index contributed by atoms with van der Waals surface area (Å²) < 4.78 is 0. The van der Waals surface area contributed by atoms with E-state index in [0.29, 0.717) is 6.54 Å². The SMILES string of the molecule is CCCCCCCCCCCCc1ccc(C(N)CN)cc1. The number of hydrogen-bond donors (Lipinski definition) is 2. The normalized spacial score (nSPS) is 12.5.